The summed E-state index contributed by atoms with van der Waals surface area (Å²) in [6, 6.07) is 22.0. The average molecular weight is 309 g/mol. The number of hydrogen-bond donors (Lipinski definition) is 0. The van der Waals surface area contributed by atoms with E-state index in [2.05, 4.69) is 24.3 Å². The van der Waals surface area contributed by atoms with Crippen molar-refractivity contribution in [2.24, 2.45) is 0 Å². The number of ketones is 1. The zero-order chi connectivity index (χ0) is 14.7. The van der Waals surface area contributed by atoms with Crippen molar-refractivity contribution in [3.63, 3.8) is 0 Å². The fourth-order valence-corrected chi connectivity index (χ4v) is 2.30. The molecule has 0 aliphatic carbocycles. The van der Waals surface area contributed by atoms with E-state index in [4.69, 9.17) is 0 Å². The van der Waals surface area contributed by atoms with Gasteiger partial charge in [0.1, 0.15) is 0 Å². The zero-order valence-electron chi connectivity index (χ0n) is 12.3. The summed E-state index contributed by atoms with van der Waals surface area (Å²) >= 11 is 0. The van der Waals surface area contributed by atoms with Gasteiger partial charge in [-0.1, -0.05) is 72.3 Å². The van der Waals surface area contributed by atoms with Crippen molar-refractivity contribution in [3.05, 3.63) is 89.5 Å². The Balaban J connectivity index is 0.00000176. The first-order valence-corrected chi connectivity index (χ1v) is 7.00. The summed E-state index contributed by atoms with van der Waals surface area (Å²) in [5.41, 5.74) is 2.91. The van der Waals surface area contributed by atoms with E-state index >= 15 is 0 Å². The molecule has 110 valence electrons. The Hall–Kier alpha value is -2.38. The summed E-state index contributed by atoms with van der Waals surface area (Å²) in [4.78, 5) is 12.1. The van der Waals surface area contributed by atoms with Gasteiger partial charge in [-0.2, -0.15) is 0 Å². The zero-order valence-corrected chi connectivity index (χ0v) is 13.1. The van der Waals surface area contributed by atoms with Crippen molar-refractivity contribution >= 4 is 35.0 Å². The summed E-state index contributed by atoms with van der Waals surface area (Å²) in [6.07, 6.45) is 3.50. The molecule has 3 aromatic rings. The van der Waals surface area contributed by atoms with Crippen LogP contribution < -0.4 is 0 Å². The van der Waals surface area contributed by atoms with Crippen LogP contribution in [0, 0.1) is 6.92 Å². The lowest BCUT2D eigenvalue weighted by Gasteiger charge is -2.00. The molecule has 0 N–H and O–H groups in total. The van der Waals surface area contributed by atoms with Gasteiger partial charge in [0.15, 0.2) is 5.78 Å². The molecule has 0 aliphatic heterocycles. The van der Waals surface area contributed by atoms with Gasteiger partial charge in [-0.25, -0.2) is 0 Å². The van der Waals surface area contributed by atoms with Crippen molar-refractivity contribution in [1.82, 2.24) is 0 Å². The van der Waals surface area contributed by atoms with Crippen molar-refractivity contribution < 1.29 is 4.79 Å². The highest BCUT2D eigenvalue weighted by molar-refractivity contribution is 6.07. The van der Waals surface area contributed by atoms with E-state index in [0.29, 0.717) is 0 Å². The fourth-order valence-electron chi connectivity index (χ4n) is 2.30. The minimum absolute atomic E-state index is 0. The van der Waals surface area contributed by atoms with Crippen molar-refractivity contribution in [3.8, 4) is 0 Å². The third kappa shape index (κ3) is 3.63. The molecule has 0 spiro atoms. The molecule has 0 heterocycles. The molecule has 3 aromatic carbocycles. The molecule has 0 aromatic heterocycles. The summed E-state index contributed by atoms with van der Waals surface area (Å²) in [5.74, 6) is 0.0307. The number of benzene rings is 3. The molecule has 0 fully saturated rings. The third-order valence-corrected chi connectivity index (χ3v) is 3.54. The van der Waals surface area contributed by atoms with E-state index in [-0.39, 0.29) is 18.2 Å². The molecular formula is C20H17ClO. The molecule has 0 saturated heterocycles. The second kappa shape index (κ2) is 7.06. The summed E-state index contributed by atoms with van der Waals surface area (Å²) in [7, 11) is 0. The highest BCUT2D eigenvalue weighted by Gasteiger charge is 2.00. The number of hydrogen-bond acceptors (Lipinski definition) is 1. The monoisotopic (exact) mass is 308 g/mol. The second-order valence-electron chi connectivity index (χ2n) is 5.17. The smallest absolute Gasteiger partial charge is 0.185 e. The van der Waals surface area contributed by atoms with Gasteiger partial charge < -0.3 is 0 Å². The van der Waals surface area contributed by atoms with Gasteiger partial charge in [-0.3, -0.25) is 4.79 Å². The molecule has 0 saturated carbocycles. The second-order valence-corrected chi connectivity index (χ2v) is 5.17. The van der Waals surface area contributed by atoms with Crippen LogP contribution in [0.2, 0.25) is 0 Å². The minimum Gasteiger partial charge on any atom is -0.289 e. The third-order valence-electron chi connectivity index (χ3n) is 3.54. The standard InChI is InChI=1S/C20H16O.ClH/c1-15-6-10-18(11-7-15)20(21)13-9-16-8-12-17-4-2-3-5-19(17)14-16;/h2-14H,1H3;1H. The lowest BCUT2D eigenvalue weighted by Crippen LogP contribution is -1.93. The Bertz CT molecular complexity index is 816. The fraction of sp³-hybridized carbons (Fsp3) is 0.0500. The minimum atomic E-state index is 0. The Morgan fingerprint density at radius 1 is 0.864 bits per heavy atom. The van der Waals surface area contributed by atoms with Gasteiger partial charge in [-0.05, 0) is 35.4 Å². The van der Waals surface area contributed by atoms with E-state index in [9.17, 15) is 4.79 Å². The molecule has 0 radical (unpaired) electrons. The first-order chi connectivity index (χ1) is 10.2. The maximum atomic E-state index is 12.1. The topological polar surface area (TPSA) is 17.1 Å². The van der Waals surface area contributed by atoms with E-state index in [0.717, 1.165) is 16.7 Å². The number of rotatable bonds is 3. The number of fused-ring (bicyclic) bond motifs is 1. The highest BCUT2D eigenvalue weighted by atomic mass is 35.5. The van der Waals surface area contributed by atoms with E-state index in [1.54, 1.807) is 6.08 Å². The predicted octanol–water partition coefficient (Wildman–Crippen LogP) is 5.47. The number of allylic oxidation sites excluding steroid dienone is 1. The van der Waals surface area contributed by atoms with Crippen LogP contribution in [0.5, 0.6) is 0 Å². The molecule has 0 bridgehead atoms. The first kappa shape index (κ1) is 16.0. The molecule has 1 nitrogen and oxygen atoms in total. The molecule has 0 atom stereocenters. The summed E-state index contributed by atoms with van der Waals surface area (Å²) in [6.45, 7) is 2.01. The van der Waals surface area contributed by atoms with Crippen LogP contribution in [0.15, 0.2) is 72.8 Å². The van der Waals surface area contributed by atoms with Crippen LogP contribution in [0.1, 0.15) is 21.5 Å². The SMILES string of the molecule is Cc1ccc(C(=O)C=Cc2ccc3ccccc3c2)cc1.Cl. The summed E-state index contributed by atoms with van der Waals surface area (Å²) in [5, 5.41) is 2.39. The molecule has 22 heavy (non-hydrogen) atoms. The number of halogens is 1. The van der Waals surface area contributed by atoms with Crippen molar-refractivity contribution in [2.75, 3.05) is 0 Å². The van der Waals surface area contributed by atoms with E-state index < -0.39 is 0 Å². The molecular weight excluding hydrogens is 292 g/mol. The first-order valence-electron chi connectivity index (χ1n) is 7.00. The van der Waals surface area contributed by atoms with E-state index in [1.807, 2.05) is 55.5 Å². The van der Waals surface area contributed by atoms with Crippen molar-refractivity contribution in [1.29, 1.82) is 0 Å². The van der Waals surface area contributed by atoms with Crippen LogP contribution in [0.3, 0.4) is 0 Å². The maximum Gasteiger partial charge on any atom is 0.185 e. The quantitative estimate of drug-likeness (QED) is 0.463. The Labute approximate surface area is 136 Å². The van der Waals surface area contributed by atoms with Gasteiger partial charge in [-0.15, -0.1) is 12.4 Å². The van der Waals surface area contributed by atoms with Gasteiger partial charge in [0.05, 0.1) is 0 Å². The molecule has 0 aliphatic rings. The lowest BCUT2D eigenvalue weighted by molar-refractivity contribution is 0.104. The molecule has 3 rings (SSSR count). The average Bonchev–Trinajstić information content (AvgIpc) is 2.53. The van der Waals surface area contributed by atoms with Gasteiger partial charge in [0.25, 0.3) is 0 Å². The normalized spacial score (nSPS) is 10.6. The summed E-state index contributed by atoms with van der Waals surface area (Å²) < 4.78 is 0. The van der Waals surface area contributed by atoms with Gasteiger partial charge in [0.2, 0.25) is 0 Å². The molecule has 2 heteroatoms. The van der Waals surface area contributed by atoms with Crippen LogP contribution in [0.4, 0.5) is 0 Å². The van der Waals surface area contributed by atoms with Crippen molar-refractivity contribution in [2.45, 2.75) is 6.92 Å². The number of aryl methyl sites for hydroxylation is 1. The van der Waals surface area contributed by atoms with Crippen LogP contribution in [-0.2, 0) is 0 Å². The van der Waals surface area contributed by atoms with Crippen LogP contribution in [-0.4, -0.2) is 5.78 Å². The lowest BCUT2D eigenvalue weighted by atomic mass is 10.0. The molecule has 0 unspecified atom stereocenters. The number of carbonyl (C=O) groups excluding carboxylic acids is 1. The largest absolute Gasteiger partial charge is 0.289 e. The predicted molar refractivity (Wildman–Crippen MR) is 95.7 cm³/mol. The molecule has 0 amide bonds. The van der Waals surface area contributed by atoms with E-state index in [1.165, 1.54) is 10.8 Å². The Kier molecular flexibility index (Phi) is 5.13. The highest BCUT2D eigenvalue weighted by Crippen LogP contribution is 2.16. The maximum absolute atomic E-state index is 12.1. The van der Waals surface area contributed by atoms with Gasteiger partial charge in [0, 0.05) is 5.56 Å². The van der Waals surface area contributed by atoms with Crippen LogP contribution in [0.25, 0.3) is 16.8 Å². The Morgan fingerprint density at radius 2 is 1.55 bits per heavy atom. The number of carbonyl (C=O) groups is 1. The van der Waals surface area contributed by atoms with Crippen LogP contribution >= 0.6 is 12.4 Å². The van der Waals surface area contributed by atoms with Gasteiger partial charge >= 0.3 is 0 Å². The Morgan fingerprint density at radius 3 is 2.27 bits per heavy atom.